The zero-order valence-corrected chi connectivity index (χ0v) is 25.6. The van der Waals surface area contributed by atoms with Gasteiger partial charge >= 0.3 is 103 Å². The molecule has 158 valence electrons. The molecule has 13 heteroatoms. The van der Waals surface area contributed by atoms with E-state index in [9.17, 15) is 28.9 Å². The van der Waals surface area contributed by atoms with Gasteiger partial charge in [-0.2, -0.15) is 0 Å². The fourth-order valence-corrected chi connectivity index (χ4v) is 3.43. The molecule has 0 fully saturated rings. The van der Waals surface area contributed by atoms with Crippen LogP contribution in [0.15, 0.2) is 0 Å². The maximum atomic E-state index is 12.7. The van der Waals surface area contributed by atoms with E-state index in [4.69, 9.17) is 0 Å². The van der Waals surface area contributed by atoms with E-state index in [0.29, 0.717) is 6.42 Å². The van der Waals surface area contributed by atoms with Crippen LogP contribution in [0.5, 0.6) is 0 Å². The molecule has 0 radical (unpaired) electrons. The van der Waals surface area contributed by atoms with Crippen molar-refractivity contribution in [1.82, 2.24) is 15.7 Å². The molecule has 0 saturated heterocycles. The summed E-state index contributed by atoms with van der Waals surface area (Å²) in [5.74, 6) is -3.17. The minimum atomic E-state index is -4.44. The molecular formula is C16H30K2N3O7P. The minimum absolute atomic E-state index is 0. The van der Waals surface area contributed by atoms with E-state index in [0.717, 1.165) is 0 Å². The molecule has 0 rings (SSSR count). The molecule has 0 aliphatic heterocycles. The van der Waals surface area contributed by atoms with Crippen molar-refractivity contribution in [3.8, 4) is 0 Å². The molecule has 0 heterocycles. The molecule has 0 aliphatic rings. The number of carboxylic acids is 1. The van der Waals surface area contributed by atoms with Gasteiger partial charge in [0.2, 0.25) is 19.6 Å². The van der Waals surface area contributed by atoms with Crippen molar-refractivity contribution >= 4 is 25.5 Å². The van der Waals surface area contributed by atoms with Crippen LogP contribution >= 0.6 is 7.75 Å². The Morgan fingerprint density at radius 2 is 1.62 bits per heavy atom. The standard InChI is InChI=1S/C16H32N3O7P.2K/c1-6-11(5)14(19-27(24,25)26-7-2)16(23)18-12(8-10(3)4)15(22)17-9-13(20)21;;/h10-12,14H,6-9H2,1-5H3,(H,17,22)(H,18,23)(H,20,21)(H2,19,24,25);;/q;2*+1/p-2/t11-,12-,14-;;/m0../s1. The van der Waals surface area contributed by atoms with Gasteiger partial charge in [0.05, 0.1) is 25.2 Å². The SMILES string of the molecule is CCOP(=O)([O-])N[C@H](C(=O)N[C@@H](CC(C)C)C(=O)NCC(=O)[O-])[C@@H](C)CC.[K+].[K+]. The summed E-state index contributed by atoms with van der Waals surface area (Å²) in [5.41, 5.74) is 0. The molecule has 29 heavy (non-hydrogen) atoms. The smallest absolute Gasteiger partial charge is 0.766 e. The summed E-state index contributed by atoms with van der Waals surface area (Å²) in [6, 6.07) is -2.14. The number of hydrogen-bond donors (Lipinski definition) is 3. The Balaban J connectivity index is -0.00000338. The first-order valence-corrected chi connectivity index (χ1v) is 10.5. The molecule has 2 amide bonds. The summed E-state index contributed by atoms with van der Waals surface area (Å²) < 4.78 is 16.5. The van der Waals surface area contributed by atoms with Gasteiger partial charge in [0.1, 0.15) is 6.04 Å². The zero-order valence-electron chi connectivity index (χ0n) is 18.4. The first-order chi connectivity index (χ1) is 12.4. The van der Waals surface area contributed by atoms with Gasteiger partial charge < -0.3 is 30.0 Å². The molecule has 0 spiro atoms. The van der Waals surface area contributed by atoms with Crippen LogP contribution in [0, 0.1) is 11.8 Å². The van der Waals surface area contributed by atoms with E-state index >= 15 is 0 Å². The van der Waals surface area contributed by atoms with Crippen LogP contribution in [-0.4, -0.2) is 43.0 Å². The van der Waals surface area contributed by atoms with Crippen molar-refractivity contribution in [2.75, 3.05) is 13.2 Å². The molecule has 4 atom stereocenters. The van der Waals surface area contributed by atoms with Crippen LogP contribution < -0.4 is 128 Å². The van der Waals surface area contributed by atoms with Crippen LogP contribution in [0.1, 0.15) is 47.5 Å². The second-order valence-electron chi connectivity index (χ2n) is 6.69. The predicted octanol–water partition coefficient (Wildman–Crippen LogP) is -7.10. The Morgan fingerprint density at radius 3 is 2.03 bits per heavy atom. The number of carbonyl (C=O) groups is 3. The van der Waals surface area contributed by atoms with Gasteiger partial charge in [0.25, 0.3) is 0 Å². The van der Waals surface area contributed by atoms with E-state index in [1.807, 2.05) is 13.8 Å². The first kappa shape index (κ1) is 35.4. The van der Waals surface area contributed by atoms with Crippen LogP contribution in [0.3, 0.4) is 0 Å². The number of rotatable bonds is 13. The molecule has 0 aromatic rings. The molecule has 1 unspecified atom stereocenters. The van der Waals surface area contributed by atoms with Gasteiger partial charge in [0.15, 0.2) is 0 Å². The summed E-state index contributed by atoms with van der Waals surface area (Å²) >= 11 is 0. The second kappa shape index (κ2) is 18.2. The molecule has 3 N–H and O–H groups in total. The molecule has 10 nitrogen and oxygen atoms in total. The van der Waals surface area contributed by atoms with E-state index in [-0.39, 0.29) is 128 Å². The second-order valence-corrected chi connectivity index (χ2v) is 8.20. The average Bonchev–Trinajstić information content (AvgIpc) is 2.55. The molecule has 0 aliphatic carbocycles. The quantitative estimate of drug-likeness (QED) is 0.171. The van der Waals surface area contributed by atoms with Crippen molar-refractivity contribution in [2.45, 2.75) is 59.5 Å². The van der Waals surface area contributed by atoms with Gasteiger partial charge in [-0.1, -0.05) is 34.1 Å². The van der Waals surface area contributed by atoms with Crippen molar-refractivity contribution in [3.05, 3.63) is 0 Å². The largest absolute Gasteiger partial charge is 1.00 e. The summed E-state index contributed by atoms with van der Waals surface area (Å²) in [5, 5.41) is 17.4. The number of aliphatic carboxylic acids is 1. The third-order valence-electron chi connectivity index (χ3n) is 3.84. The van der Waals surface area contributed by atoms with Crippen LogP contribution in [0.2, 0.25) is 0 Å². The maximum absolute atomic E-state index is 12.7. The minimum Gasteiger partial charge on any atom is -0.766 e. The number of amides is 2. The normalized spacial score (nSPS) is 15.7. The van der Waals surface area contributed by atoms with Gasteiger partial charge in [-0.25, -0.2) is 5.09 Å². The van der Waals surface area contributed by atoms with Gasteiger partial charge in [-0.05, 0) is 25.2 Å². The average molecular weight is 486 g/mol. The third kappa shape index (κ3) is 16.1. The number of carbonyl (C=O) groups excluding carboxylic acids is 3. The van der Waals surface area contributed by atoms with E-state index in [1.165, 1.54) is 6.92 Å². The summed E-state index contributed by atoms with van der Waals surface area (Å²) in [6.45, 7) is 7.89. The molecular weight excluding hydrogens is 455 g/mol. The predicted molar refractivity (Wildman–Crippen MR) is 95.0 cm³/mol. The maximum Gasteiger partial charge on any atom is 1.00 e. The molecule has 0 aromatic heterocycles. The Labute approximate surface area is 257 Å². The fourth-order valence-electron chi connectivity index (χ4n) is 2.30. The van der Waals surface area contributed by atoms with Gasteiger partial charge in [-0.15, -0.1) is 0 Å². The van der Waals surface area contributed by atoms with Crippen molar-refractivity contribution < 1.29 is 136 Å². The molecule has 0 bridgehead atoms. The zero-order chi connectivity index (χ0) is 21.2. The Morgan fingerprint density at radius 1 is 1.07 bits per heavy atom. The fraction of sp³-hybridized carbons (Fsp3) is 0.812. The first-order valence-electron chi connectivity index (χ1n) is 8.94. The van der Waals surface area contributed by atoms with Crippen molar-refractivity contribution in [2.24, 2.45) is 11.8 Å². The van der Waals surface area contributed by atoms with Crippen molar-refractivity contribution in [1.29, 1.82) is 0 Å². The monoisotopic (exact) mass is 485 g/mol. The third-order valence-corrected chi connectivity index (χ3v) is 5.03. The number of hydrogen-bond acceptors (Lipinski definition) is 7. The number of carboxylic acid groups (broad SMARTS) is 1. The van der Waals surface area contributed by atoms with Crippen molar-refractivity contribution in [3.63, 3.8) is 0 Å². The summed E-state index contributed by atoms with van der Waals surface area (Å²) in [7, 11) is -4.44. The Kier molecular flexibility index (Phi) is 22.3. The Hall–Kier alpha value is 1.79. The van der Waals surface area contributed by atoms with Crippen LogP contribution in [-0.2, 0) is 23.5 Å². The molecule has 0 saturated carbocycles. The van der Waals surface area contributed by atoms with E-state index < -0.39 is 44.2 Å². The van der Waals surface area contributed by atoms with Crippen LogP contribution in [0.25, 0.3) is 0 Å². The summed E-state index contributed by atoms with van der Waals surface area (Å²) in [6.07, 6.45) is 0.751. The number of nitrogens with one attached hydrogen (secondary N) is 3. The van der Waals surface area contributed by atoms with E-state index in [1.54, 1.807) is 13.8 Å². The van der Waals surface area contributed by atoms with Crippen LogP contribution in [0.4, 0.5) is 0 Å². The van der Waals surface area contributed by atoms with Gasteiger partial charge in [0, 0.05) is 0 Å². The van der Waals surface area contributed by atoms with E-state index in [2.05, 4.69) is 20.2 Å². The Bertz CT molecular complexity index is 567. The van der Waals surface area contributed by atoms with Gasteiger partial charge in [-0.3, -0.25) is 14.2 Å². The topological polar surface area (TPSA) is 160 Å². The summed E-state index contributed by atoms with van der Waals surface area (Å²) in [4.78, 5) is 47.3. The molecule has 0 aromatic carbocycles.